The van der Waals surface area contributed by atoms with Crippen molar-refractivity contribution in [3.63, 3.8) is 0 Å². The number of benzene rings is 2. The topological polar surface area (TPSA) is 70.1 Å². The van der Waals surface area contributed by atoms with Crippen LogP contribution in [0.4, 0.5) is 11.4 Å². The summed E-state index contributed by atoms with van der Waals surface area (Å²) in [5.74, 6) is -0.440. The summed E-state index contributed by atoms with van der Waals surface area (Å²) in [6, 6.07) is 9.96. The van der Waals surface area contributed by atoms with Gasteiger partial charge >= 0.3 is 5.97 Å². The first-order chi connectivity index (χ1) is 12.5. The van der Waals surface area contributed by atoms with Crippen molar-refractivity contribution < 1.29 is 19.4 Å². The van der Waals surface area contributed by atoms with Gasteiger partial charge in [0.1, 0.15) is 5.75 Å². The second-order valence-corrected chi connectivity index (χ2v) is 6.76. The molecule has 0 aromatic heterocycles. The molecule has 134 valence electrons. The minimum absolute atomic E-state index is 0.0665. The first-order valence-corrected chi connectivity index (χ1v) is 8.79. The van der Waals surface area contributed by atoms with E-state index in [0.717, 1.165) is 37.3 Å². The Bertz CT molecular complexity index is 876. The second kappa shape index (κ2) is 6.53. The van der Waals surface area contributed by atoms with Crippen LogP contribution in [0.2, 0.25) is 5.02 Å². The minimum Gasteiger partial charge on any atom is -0.478 e. The summed E-state index contributed by atoms with van der Waals surface area (Å²) >= 11 is 6.39. The average molecular weight is 373 g/mol. The molecule has 2 aromatic rings. The van der Waals surface area contributed by atoms with E-state index in [1.54, 1.807) is 36.4 Å². The number of likely N-dealkylation sites (tertiary alicyclic amines) is 1. The summed E-state index contributed by atoms with van der Waals surface area (Å²) in [7, 11) is 0. The van der Waals surface area contributed by atoms with Crippen LogP contribution >= 0.6 is 11.6 Å². The van der Waals surface area contributed by atoms with Gasteiger partial charge < -0.3 is 19.6 Å². The molecule has 0 radical (unpaired) electrons. The molecule has 0 saturated carbocycles. The molecule has 4 rings (SSSR count). The smallest absolute Gasteiger partial charge is 0.335 e. The van der Waals surface area contributed by atoms with Gasteiger partial charge in [0, 0.05) is 18.8 Å². The molecule has 0 aliphatic carbocycles. The maximum absolute atomic E-state index is 12.6. The summed E-state index contributed by atoms with van der Waals surface area (Å²) < 4.78 is 5.73. The molecule has 0 unspecified atom stereocenters. The van der Waals surface area contributed by atoms with Crippen molar-refractivity contribution in [2.75, 3.05) is 24.7 Å². The van der Waals surface area contributed by atoms with E-state index in [1.165, 1.54) is 0 Å². The zero-order valence-corrected chi connectivity index (χ0v) is 14.7. The van der Waals surface area contributed by atoms with Gasteiger partial charge in [0.05, 0.1) is 21.8 Å². The van der Waals surface area contributed by atoms with Crippen molar-refractivity contribution in [2.24, 2.45) is 0 Å². The molecular weight excluding hydrogens is 356 g/mol. The molecule has 1 amide bonds. The Labute approximate surface area is 155 Å². The van der Waals surface area contributed by atoms with Crippen LogP contribution in [0.25, 0.3) is 0 Å². The lowest BCUT2D eigenvalue weighted by Crippen LogP contribution is -2.27. The van der Waals surface area contributed by atoms with Crippen molar-refractivity contribution in [3.8, 4) is 5.75 Å². The standard InChI is InChI=1S/C19H17ClN2O4/c20-15-10-16-17(9-14(15)18(23)21-7-1-2-8-21)26-11-22(16)13-5-3-12(4-6-13)19(24)25/h3-6,9-10H,1-2,7-8,11H2,(H,24,25). The predicted octanol–water partition coefficient (Wildman–Crippen LogP) is 3.76. The number of amides is 1. The predicted molar refractivity (Wildman–Crippen MR) is 97.6 cm³/mol. The van der Waals surface area contributed by atoms with Crippen LogP contribution in [0.15, 0.2) is 36.4 Å². The highest BCUT2D eigenvalue weighted by atomic mass is 35.5. The molecule has 1 N–H and O–H groups in total. The monoisotopic (exact) mass is 372 g/mol. The number of rotatable bonds is 3. The molecule has 2 aliphatic rings. The lowest BCUT2D eigenvalue weighted by molar-refractivity contribution is 0.0696. The van der Waals surface area contributed by atoms with Gasteiger partial charge in [-0.15, -0.1) is 0 Å². The number of carboxylic acid groups (broad SMARTS) is 1. The van der Waals surface area contributed by atoms with E-state index >= 15 is 0 Å². The fourth-order valence-corrected chi connectivity index (χ4v) is 3.56. The number of halogens is 1. The molecule has 0 bridgehead atoms. The van der Waals surface area contributed by atoms with Gasteiger partial charge in [-0.05, 0) is 49.2 Å². The number of ether oxygens (including phenoxy) is 1. The van der Waals surface area contributed by atoms with E-state index in [2.05, 4.69) is 0 Å². The summed E-state index contributed by atoms with van der Waals surface area (Å²) in [5, 5.41) is 9.40. The van der Waals surface area contributed by atoms with E-state index in [0.29, 0.717) is 16.3 Å². The number of hydrogen-bond donors (Lipinski definition) is 1. The third-order valence-electron chi connectivity index (χ3n) is 4.74. The summed E-state index contributed by atoms with van der Waals surface area (Å²) in [4.78, 5) is 27.3. The van der Waals surface area contributed by atoms with Gasteiger partial charge in [0.25, 0.3) is 5.91 Å². The molecule has 0 atom stereocenters. The number of carbonyl (C=O) groups excluding carboxylic acids is 1. The Morgan fingerprint density at radius 2 is 1.77 bits per heavy atom. The van der Waals surface area contributed by atoms with Crippen LogP contribution in [0.5, 0.6) is 5.75 Å². The van der Waals surface area contributed by atoms with Gasteiger partial charge in [-0.25, -0.2) is 4.79 Å². The molecule has 0 spiro atoms. The number of hydrogen-bond acceptors (Lipinski definition) is 4. The highest BCUT2D eigenvalue weighted by molar-refractivity contribution is 6.34. The Kier molecular flexibility index (Phi) is 4.20. The van der Waals surface area contributed by atoms with Crippen molar-refractivity contribution in [1.29, 1.82) is 0 Å². The van der Waals surface area contributed by atoms with E-state index in [-0.39, 0.29) is 18.2 Å². The maximum Gasteiger partial charge on any atom is 0.335 e. The molecule has 2 aliphatic heterocycles. The Hall–Kier alpha value is -2.73. The van der Waals surface area contributed by atoms with E-state index < -0.39 is 5.97 Å². The van der Waals surface area contributed by atoms with Gasteiger partial charge in [-0.3, -0.25) is 4.79 Å². The van der Waals surface area contributed by atoms with Gasteiger partial charge in [-0.1, -0.05) is 11.6 Å². The highest BCUT2D eigenvalue weighted by Gasteiger charge is 2.28. The number of aromatic carboxylic acids is 1. The van der Waals surface area contributed by atoms with E-state index in [9.17, 15) is 9.59 Å². The Balaban J connectivity index is 1.64. The number of carboxylic acids is 1. The molecule has 1 fully saturated rings. The fourth-order valence-electron chi connectivity index (χ4n) is 3.33. The zero-order chi connectivity index (χ0) is 18.3. The molecule has 26 heavy (non-hydrogen) atoms. The summed E-state index contributed by atoms with van der Waals surface area (Å²) in [6.07, 6.45) is 2.04. The molecule has 2 aromatic carbocycles. The summed E-state index contributed by atoms with van der Waals surface area (Å²) in [6.45, 7) is 1.80. The third kappa shape index (κ3) is 2.86. The van der Waals surface area contributed by atoms with Crippen molar-refractivity contribution in [1.82, 2.24) is 4.90 Å². The van der Waals surface area contributed by atoms with E-state index in [4.69, 9.17) is 21.4 Å². The minimum atomic E-state index is -0.970. The Morgan fingerprint density at radius 3 is 2.42 bits per heavy atom. The van der Waals surface area contributed by atoms with Crippen LogP contribution in [-0.2, 0) is 0 Å². The quantitative estimate of drug-likeness (QED) is 0.888. The van der Waals surface area contributed by atoms with Crippen molar-refractivity contribution >= 4 is 34.9 Å². The lowest BCUT2D eigenvalue weighted by atomic mass is 10.1. The van der Waals surface area contributed by atoms with Crippen LogP contribution in [-0.4, -0.2) is 41.7 Å². The summed E-state index contributed by atoms with van der Waals surface area (Å²) in [5.41, 5.74) is 2.23. The second-order valence-electron chi connectivity index (χ2n) is 6.35. The normalized spacial score (nSPS) is 15.7. The molecule has 6 nitrogen and oxygen atoms in total. The van der Waals surface area contributed by atoms with Crippen LogP contribution in [0.1, 0.15) is 33.6 Å². The van der Waals surface area contributed by atoms with Gasteiger partial charge in [-0.2, -0.15) is 0 Å². The van der Waals surface area contributed by atoms with Crippen LogP contribution < -0.4 is 9.64 Å². The number of fused-ring (bicyclic) bond motifs is 1. The number of anilines is 2. The van der Waals surface area contributed by atoms with E-state index in [1.807, 2.05) is 9.80 Å². The van der Waals surface area contributed by atoms with Gasteiger partial charge in [0.15, 0.2) is 6.73 Å². The zero-order valence-electron chi connectivity index (χ0n) is 13.9. The van der Waals surface area contributed by atoms with Crippen molar-refractivity contribution in [3.05, 3.63) is 52.5 Å². The third-order valence-corrected chi connectivity index (χ3v) is 5.05. The fraction of sp³-hybridized carbons (Fsp3) is 0.263. The average Bonchev–Trinajstić information content (AvgIpc) is 3.30. The molecular formula is C19H17ClN2O4. The SMILES string of the molecule is O=C(O)c1ccc(N2COc3cc(C(=O)N4CCCC4)c(Cl)cc32)cc1. The van der Waals surface area contributed by atoms with Crippen LogP contribution in [0.3, 0.4) is 0 Å². The largest absolute Gasteiger partial charge is 0.478 e. The number of nitrogens with zero attached hydrogens (tertiary/aromatic N) is 2. The van der Waals surface area contributed by atoms with Crippen molar-refractivity contribution in [2.45, 2.75) is 12.8 Å². The lowest BCUT2D eigenvalue weighted by Gasteiger charge is -2.19. The maximum atomic E-state index is 12.6. The van der Waals surface area contributed by atoms with Crippen LogP contribution in [0, 0.1) is 0 Å². The molecule has 7 heteroatoms. The number of carbonyl (C=O) groups is 2. The molecule has 2 heterocycles. The first kappa shape index (κ1) is 16.7. The Morgan fingerprint density at radius 1 is 1.08 bits per heavy atom. The molecule has 1 saturated heterocycles. The van der Waals surface area contributed by atoms with Gasteiger partial charge in [0.2, 0.25) is 0 Å². The first-order valence-electron chi connectivity index (χ1n) is 8.41. The highest BCUT2D eigenvalue weighted by Crippen LogP contribution is 2.42.